The lowest BCUT2D eigenvalue weighted by Gasteiger charge is -2.32. The van der Waals surface area contributed by atoms with Crippen molar-refractivity contribution in [2.75, 3.05) is 11.4 Å². The standard InChI is InChI=1S/C23H20ClF3N4O2.H2S/c1-12-11-30(16-4-5-18(19(24)9-16)23(25,26)27)22(33)21-15(10-29-31(12)21)8-20(32)17-6-7-28-14(3)13(17)2;/h4-7,9-10,12H,8,11H2,1-3H3;1H2/t12-;/m0./s1. The first-order valence-electron chi connectivity index (χ1n) is 10.2. The van der Waals surface area contributed by atoms with E-state index in [-0.39, 0.29) is 49.7 Å². The highest BCUT2D eigenvalue weighted by molar-refractivity contribution is 7.59. The summed E-state index contributed by atoms with van der Waals surface area (Å²) in [7, 11) is 0. The van der Waals surface area contributed by atoms with E-state index in [9.17, 15) is 22.8 Å². The zero-order valence-corrected chi connectivity index (χ0v) is 20.3. The number of pyridine rings is 1. The van der Waals surface area contributed by atoms with Gasteiger partial charge in [0.05, 0.1) is 22.8 Å². The quantitative estimate of drug-likeness (QED) is 0.445. The van der Waals surface area contributed by atoms with Crippen LogP contribution in [0.2, 0.25) is 5.02 Å². The van der Waals surface area contributed by atoms with Crippen LogP contribution in [0.15, 0.2) is 36.7 Å². The fourth-order valence-electron chi connectivity index (χ4n) is 3.98. The molecule has 6 nitrogen and oxygen atoms in total. The molecule has 180 valence electrons. The number of ketones is 1. The molecule has 0 radical (unpaired) electrons. The van der Waals surface area contributed by atoms with Crippen LogP contribution in [0.25, 0.3) is 0 Å². The number of hydrogen-bond acceptors (Lipinski definition) is 4. The second kappa shape index (κ2) is 9.42. The molecular weight excluding hydrogens is 489 g/mol. The molecular formula is C23H22ClF3N4O2S. The summed E-state index contributed by atoms with van der Waals surface area (Å²) >= 11 is 5.87. The van der Waals surface area contributed by atoms with Crippen molar-refractivity contribution in [1.29, 1.82) is 0 Å². The van der Waals surface area contributed by atoms with E-state index >= 15 is 0 Å². The lowest BCUT2D eigenvalue weighted by molar-refractivity contribution is -0.137. The largest absolute Gasteiger partial charge is 0.417 e. The summed E-state index contributed by atoms with van der Waals surface area (Å²) in [6.45, 7) is 5.66. The van der Waals surface area contributed by atoms with Crippen molar-refractivity contribution >= 4 is 42.5 Å². The van der Waals surface area contributed by atoms with E-state index in [4.69, 9.17) is 11.6 Å². The van der Waals surface area contributed by atoms with Gasteiger partial charge in [0.1, 0.15) is 5.69 Å². The predicted molar refractivity (Wildman–Crippen MR) is 127 cm³/mol. The van der Waals surface area contributed by atoms with Crippen LogP contribution in [-0.4, -0.2) is 33.0 Å². The molecule has 1 aliphatic rings. The van der Waals surface area contributed by atoms with Gasteiger partial charge in [-0.05, 0) is 50.6 Å². The highest BCUT2D eigenvalue weighted by Crippen LogP contribution is 2.38. The van der Waals surface area contributed by atoms with Gasteiger partial charge >= 0.3 is 6.18 Å². The molecule has 0 spiro atoms. The van der Waals surface area contributed by atoms with Gasteiger partial charge in [-0.1, -0.05) is 11.6 Å². The molecule has 3 aromatic rings. The summed E-state index contributed by atoms with van der Waals surface area (Å²) in [5, 5.41) is 3.81. The highest BCUT2D eigenvalue weighted by Gasteiger charge is 2.36. The predicted octanol–water partition coefficient (Wildman–Crippen LogP) is 5.33. The normalized spacial score (nSPS) is 15.7. The van der Waals surface area contributed by atoms with Gasteiger partial charge < -0.3 is 4.90 Å². The van der Waals surface area contributed by atoms with Gasteiger partial charge in [0, 0.05) is 41.7 Å². The van der Waals surface area contributed by atoms with Crippen LogP contribution in [0, 0.1) is 13.8 Å². The second-order valence-electron chi connectivity index (χ2n) is 8.06. The van der Waals surface area contributed by atoms with E-state index in [2.05, 4.69) is 10.1 Å². The molecule has 1 aromatic carbocycles. The van der Waals surface area contributed by atoms with Gasteiger partial charge in [0.25, 0.3) is 5.91 Å². The molecule has 0 aliphatic carbocycles. The number of alkyl halides is 3. The van der Waals surface area contributed by atoms with Gasteiger partial charge in [-0.15, -0.1) is 0 Å². The third kappa shape index (κ3) is 4.56. The lowest BCUT2D eigenvalue weighted by atomic mass is 9.98. The molecule has 0 fully saturated rings. The van der Waals surface area contributed by atoms with Crippen LogP contribution < -0.4 is 4.90 Å². The number of nitrogens with zero attached hydrogens (tertiary/aromatic N) is 4. The van der Waals surface area contributed by atoms with Crippen molar-refractivity contribution < 1.29 is 22.8 Å². The third-order valence-electron chi connectivity index (χ3n) is 5.86. The monoisotopic (exact) mass is 510 g/mol. The molecule has 2 aromatic heterocycles. The Morgan fingerprint density at radius 2 is 1.94 bits per heavy atom. The van der Waals surface area contributed by atoms with Crippen LogP contribution >= 0.6 is 25.1 Å². The van der Waals surface area contributed by atoms with Crippen LogP contribution in [0.4, 0.5) is 18.9 Å². The molecule has 4 rings (SSSR count). The smallest absolute Gasteiger partial charge is 0.305 e. The topological polar surface area (TPSA) is 68.1 Å². The molecule has 1 atom stereocenters. The number of aryl methyl sites for hydroxylation is 1. The van der Waals surface area contributed by atoms with Crippen molar-refractivity contribution in [3.05, 3.63) is 75.3 Å². The second-order valence-corrected chi connectivity index (χ2v) is 8.47. The fraction of sp³-hybridized carbons (Fsp3) is 0.304. The van der Waals surface area contributed by atoms with Gasteiger partial charge in [0.2, 0.25) is 0 Å². The number of hydrogen-bond donors (Lipinski definition) is 0. The molecule has 0 saturated heterocycles. The number of aromatic nitrogens is 3. The Labute approximate surface area is 206 Å². The summed E-state index contributed by atoms with van der Waals surface area (Å²) < 4.78 is 40.8. The number of rotatable bonds is 4. The van der Waals surface area contributed by atoms with E-state index in [0.29, 0.717) is 11.1 Å². The number of fused-ring (bicyclic) bond motifs is 1. The number of amides is 1. The van der Waals surface area contributed by atoms with Crippen LogP contribution in [0.5, 0.6) is 0 Å². The van der Waals surface area contributed by atoms with Gasteiger partial charge in [0.15, 0.2) is 5.78 Å². The Bertz CT molecular complexity index is 1280. The number of carbonyl (C=O) groups excluding carboxylic acids is 2. The average molecular weight is 511 g/mol. The Hall–Kier alpha value is -2.85. The molecule has 0 N–H and O–H groups in total. The minimum Gasteiger partial charge on any atom is -0.305 e. The van der Waals surface area contributed by atoms with E-state index < -0.39 is 22.7 Å². The lowest BCUT2D eigenvalue weighted by Crippen LogP contribution is -2.43. The van der Waals surface area contributed by atoms with E-state index in [0.717, 1.165) is 23.4 Å². The summed E-state index contributed by atoms with van der Waals surface area (Å²) in [5.41, 5.74) is 2.00. The third-order valence-corrected chi connectivity index (χ3v) is 6.17. The van der Waals surface area contributed by atoms with Gasteiger partial charge in [-0.25, -0.2) is 0 Å². The van der Waals surface area contributed by atoms with Crippen molar-refractivity contribution in [1.82, 2.24) is 14.8 Å². The molecule has 34 heavy (non-hydrogen) atoms. The first-order chi connectivity index (χ1) is 15.5. The van der Waals surface area contributed by atoms with Crippen molar-refractivity contribution in [2.24, 2.45) is 0 Å². The Morgan fingerprint density at radius 3 is 2.59 bits per heavy atom. The maximum atomic E-state index is 13.4. The summed E-state index contributed by atoms with van der Waals surface area (Å²) in [6, 6.07) is 4.60. The minimum atomic E-state index is -4.59. The Morgan fingerprint density at radius 1 is 1.24 bits per heavy atom. The zero-order valence-electron chi connectivity index (χ0n) is 18.6. The maximum absolute atomic E-state index is 13.4. The molecule has 11 heteroatoms. The minimum absolute atomic E-state index is 0. The van der Waals surface area contributed by atoms with Crippen LogP contribution in [0.1, 0.15) is 56.2 Å². The van der Waals surface area contributed by atoms with E-state index in [1.165, 1.54) is 17.2 Å². The fourth-order valence-corrected chi connectivity index (χ4v) is 4.27. The Balaban J connectivity index is 0.00000324. The summed E-state index contributed by atoms with van der Waals surface area (Å²) in [5.74, 6) is -0.629. The van der Waals surface area contributed by atoms with Gasteiger partial charge in [-0.2, -0.15) is 31.8 Å². The molecule has 1 amide bonds. The van der Waals surface area contributed by atoms with Crippen molar-refractivity contribution in [3.63, 3.8) is 0 Å². The number of halogens is 4. The maximum Gasteiger partial charge on any atom is 0.417 e. The number of Topliss-reactive ketones (excluding diaryl/α,β-unsaturated/α-hetero) is 1. The first kappa shape index (κ1) is 25.8. The molecule has 3 heterocycles. The number of benzene rings is 1. The molecule has 0 unspecified atom stereocenters. The van der Waals surface area contributed by atoms with Crippen molar-refractivity contribution in [2.45, 2.75) is 39.4 Å². The zero-order chi connectivity index (χ0) is 24.1. The van der Waals surface area contributed by atoms with Gasteiger partial charge in [-0.3, -0.25) is 19.3 Å². The van der Waals surface area contributed by atoms with Crippen LogP contribution in [0.3, 0.4) is 0 Å². The van der Waals surface area contributed by atoms with Crippen molar-refractivity contribution in [3.8, 4) is 0 Å². The van der Waals surface area contributed by atoms with E-state index in [1.807, 2.05) is 20.8 Å². The number of carbonyl (C=O) groups is 2. The number of anilines is 1. The van der Waals surface area contributed by atoms with Crippen LogP contribution in [-0.2, 0) is 12.6 Å². The SMILES string of the molecule is Cc1nccc(C(=O)Cc2cnn3c2C(=O)N(c2ccc(C(F)(F)F)c(Cl)c2)C[C@@H]3C)c1C.S. The first-order valence-corrected chi connectivity index (χ1v) is 10.6. The van der Waals surface area contributed by atoms with E-state index in [1.54, 1.807) is 16.9 Å². The molecule has 1 aliphatic heterocycles. The molecule has 0 bridgehead atoms. The Kier molecular flexibility index (Phi) is 7.14. The summed E-state index contributed by atoms with van der Waals surface area (Å²) in [4.78, 5) is 31.9. The average Bonchev–Trinajstić information content (AvgIpc) is 3.16. The molecule has 0 saturated carbocycles. The summed E-state index contributed by atoms with van der Waals surface area (Å²) in [6.07, 6.45) is -1.58. The highest BCUT2D eigenvalue weighted by atomic mass is 35.5.